The molecule has 330 valence electrons. The summed E-state index contributed by atoms with van der Waals surface area (Å²) in [5.74, 6) is 0. The van der Waals surface area contributed by atoms with Gasteiger partial charge in [-0.25, -0.2) is 37.2 Å². The molecular weight excluding hydrogens is 911 g/mol. The van der Waals surface area contributed by atoms with Crippen molar-refractivity contribution in [3.8, 4) is 0 Å². The van der Waals surface area contributed by atoms with Crippen LogP contribution in [-0.2, 0) is 30.1 Å². The Morgan fingerprint density at radius 1 is 0.369 bits per heavy atom. The fourth-order valence-corrected chi connectivity index (χ4v) is 15.1. The van der Waals surface area contributed by atoms with Gasteiger partial charge in [-0.05, 0) is 91.7 Å². The molecule has 0 aliphatic rings. The van der Waals surface area contributed by atoms with Crippen LogP contribution in [0.5, 0.6) is 0 Å². The molecule has 0 aliphatic heterocycles. The monoisotopic (exact) mass is 955 g/mol. The van der Waals surface area contributed by atoms with Crippen molar-refractivity contribution in [1.82, 2.24) is 11.9 Å². The van der Waals surface area contributed by atoms with Gasteiger partial charge in [-0.2, -0.15) is 0 Å². The zero-order valence-corrected chi connectivity index (χ0v) is 40.2. The number of hydrogen-bond acceptors (Lipinski definition) is 8. The predicted molar refractivity (Wildman–Crippen MR) is 269 cm³/mol. The lowest BCUT2D eigenvalue weighted by Gasteiger charge is -2.11. The van der Waals surface area contributed by atoms with Gasteiger partial charge in [0.05, 0.1) is 32.5 Å². The quantitative estimate of drug-likeness (QED) is 0.164. The molecule has 5 aromatic heterocycles. The van der Waals surface area contributed by atoms with Crippen molar-refractivity contribution in [2.75, 3.05) is 0 Å². The lowest BCUT2D eigenvalue weighted by atomic mass is 10.2. The maximum absolute atomic E-state index is 13.3. The molecule has 0 atom stereocenters. The summed E-state index contributed by atoms with van der Waals surface area (Å²) in [4.78, 5) is 2.72. The van der Waals surface area contributed by atoms with Crippen molar-refractivity contribution in [2.24, 2.45) is 0 Å². The van der Waals surface area contributed by atoms with Gasteiger partial charge in [0.15, 0.2) is 0 Å². The van der Waals surface area contributed by atoms with E-state index in [1.165, 1.54) is 34.6 Å². The number of thiophene rings is 2. The molecule has 11 aromatic rings. The Morgan fingerprint density at radius 2 is 0.723 bits per heavy atom. The van der Waals surface area contributed by atoms with E-state index in [1.807, 2.05) is 180 Å². The van der Waals surface area contributed by atoms with Gasteiger partial charge in [-0.15, -0.1) is 22.7 Å². The highest BCUT2D eigenvalue weighted by atomic mass is 32.2. The predicted octanol–water partition coefficient (Wildman–Crippen LogP) is 13.0. The average Bonchev–Trinajstić information content (AvgIpc) is 4.17. The van der Waals surface area contributed by atoms with E-state index >= 15 is 0 Å². The number of nitrogens with zero attached hydrogens (tertiary/aromatic N) is 3. The Kier molecular flexibility index (Phi) is 12.7. The number of para-hydroxylation sites is 5. The third-order valence-electron chi connectivity index (χ3n) is 10.9. The highest BCUT2D eigenvalue weighted by molar-refractivity contribution is 7.91. The molecule has 0 spiro atoms. The van der Waals surface area contributed by atoms with Crippen molar-refractivity contribution in [3.05, 3.63) is 196 Å². The van der Waals surface area contributed by atoms with Crippen LogP contribution in [0.15, 0.2) is 195 Å². The molecule has 11 rings (SSSR count). The molecule has 0 radical (unpaired) electrons. The molecule has 14 heteroatoms. The number of benzene rings is 6. The van der Waals surface area contributed by atoms with Crippen LogP contribution < -0.4 is 0 Å². The standard InChI is InChI=1S/C19H15NO2S.C17H13NO2S2.C13H11NO2S2.C2H6/c1-14-8-2-7-13-19(14)23(21,22)20-17-11-5-3-9-15(17)16-10-4-6-12-18(16)20;1-12-17(10-11-21-12)22(19,20)18-15-8-4-2-6-13(15)14-7-3-5-9-16(14)18;1-10-13(7-9-17-10)18(15,16)14-8-6-11-4-2-3-5-12(11)14;1-2/h2-13H,1H3;2-11H,1H3;2-9H,1H3;1-2H3. The third kappa shape index (κ3) is 8.10. The molecule has 0 saturated heterocycles. The molecule has 0 N–H and O–H groups in total. The normalized spacial score (nSPS) is 11.8. The summed E-state index contributed by atoms with van der Waals surface area (Å²) in [6, 6.07) is 50.2. The fraction of sp³-hybridized carbons (Fsp3) is 0.0980. The molecule has 0 unspecified atom stereocenters. The minimum absolute atomic E-state index is 0.339. The molecule has 9 nitrogen and oxygen atoms in total. The van der Waals surface area contributed by atoms with Crippen LogP contribution in [0.4, 0.5) is 0 Å². The van der Waals surface area contributed by atoms with E-state index in [2.05, 4.69) is 0 Å². The van der Waals surface area contributed by atoms with E-state index < -0.39 is 30.1 Å². The number of rotatable bonds is 6. The lowest BCUT2D eigenvalue weighted by Crippen LogP contribution is -2.13. The second-order valence-corrected chi connectivity index (χ2v) is 22.3. The first kappa shape index (κ1) is 45.3. The van der Waals surface area contributed by atoms with Crippen LogP contribution in [0, 0.1) is 20.8 Å². The van der Waals surface area contributed by atoms with Crippen LogP contribution in [0.1, 0.15) is 29.2 Å². The van der Waals surface area contributed by atoms with E-state index in [0.717, 1.165) is 42.2 Å². The first-order valence-corrected chi connectivity index (χ1v) is 26.8. The van der Waals surface area contributed by atoms with Crippen LogP contribution in [0.2, 0.25) is 0 Å². The average molecular weight is 956 g/mol. The lowest BCUT2D eigenvalue weighted by molar-refractivity contribution is 0.587. The SMILES string of the molecule is CC.Cc1ccccc1S(=O)(=O)n1c2ccccc2c2ccccc21.Cc1sccc1S(=O)(=O)n1c2ccccc2c2ccccc21.Cc1sccc1S(=O)(=O)n1ccc2ccccc21. The summed E-state index contributed by atoms with van der Waals surface area (Å²) in [6.45, 7) is 9.48. The Morgan fingerprint density at radius 3 is 1.14 bits per heavy atom. The highest BCUT2D eigenvalue weighted by Gasteiger charge is 2.26. The Balaban J connectivity index is 0.000000131. The zero-order valence-electron chi connectivity index (χ0n) is 36.2. The van der Waals surface area contributed by atoms with Gasteiger partial charge >= 0.3 is 0 Å². The number of aryl methyl sites for hydroxylation is 3. The van der Waals surface area contributed by atoms with Crippen molar-refractivity contribution in [3.63, 3.8) is 0 Å². The first-order valence-electron chi connectivity index (χ1n) is 20.7. The van der Waals surface area contributed by atoms with E-state index in [9.17, 15) is 25.3 Å². The second kappa shape index (κ2) is 18.3. The van der Waals surface area contributed by atoms with Gasteiger partial charge in [-0.3, -0.25) is 0 Å². The molecule has 0 fully saturated rings. The van der Waals surface area contributed by atoms with Gasteiger partial charge < -0.3 is 0 Å². The first-order chi connectivity index (χ1) is 31.3. The van der Waals surface area contributed by atoms with Gasteiger partial charge in [0, 0.05) is 42.9 Å². The maximum atomic E-state index is 13.3. The summed E-state index contributed by atoms with van der Waals surface area (Å²) < 4.78 is 82.4. The van der Waals surface area contributed by atoms with Gasteiger partial charge in [0.1, 0.15) is 9.79 Å². The molecule has 0 saturated carbocycles. The largest absolute Gasteiger partial charge is 0.269 e. The molecule has 65 heavy (non-hydrogen) atoms. The van der Waals surface area contributed by atoms with E-state index in [0.29, 0.717) is 42.3 Å². The van der Waals surface area contributed by atoms with Crippen LogP contribution >= 0.6 is 22.7 Å². The summed E-state index contributed by atoms with van der Waals surface area (Å²) in [5.41, 5.74) is 4.30. The minimum atomic E-state index is -3.66. The number of fused-ring (bicyclic) bond motifs is 7. The van der Waals surface area contributed by atoms with E-state index in [-0.39, 0.29) is 0 Å². The fourth-order valence-electron chi connectivity index (χ4n) is 7.99. The topological polar surface area (TPSA) is 117 Å². The van der Waals surface area contributed by atoms with Crippen molar-refractivity contribution >= 4 is 107 Å². The van der Waals surface area contributed by atoms with Crippen LogP contribution in [0.3, 0.4) is 0 Å². The molecular formula is C51H45N3O6S5. The van der Waals surface area contributed by atoms with Crippen LogP contribution in [-0.4, -0.2) is 37.2 Å². The number of hydrogen-bond donors (Lipinski definition) is 0. The Hall–Kier alpha value is -6.29. The summed E-state index contributed by atoms with van der Waals surface area (Å²) in [5, 5.41) is 8.34. The third-order valence-corrected chi connectivity index (χ3v) is 18.5. The van der Waals surface area contributed by atoms with Crippen molar-refractivity contribution < 1.29 is 25.3 Å². The van der Waals surface area contributed by atoms with Crippen LogP contribution in [0.25, 0.3) is 54.5 Å². The second-order valence-electron chi connectivity index (χ2n) is 14.7. The van der Waals surface area contributed by atoms with E-state index in [1.54, 1.807) is 35.8 Å². The smallest absolute Gasteiger partial charge is 0.241 e. The molecule has 5 heterocycles. The molecule has 6 aromatic carbocycles. The summed E-state index contributed by atoms with van der Waals surface area (Å²) >= 11 is 2.89. The minimum Gasteiger partial charge on any atom is -0.241 e. The molecule has 0 bridgehead atoms. The molecule has 0 amide bonds. The Bertz CT molecular complexity index is 3750. The molecule has 0 aliphatic carbocycles. The number of aromatic nitrogens is 3. The van der Waals surface area contributed by atoms with Crippen molar-refractivity contribution in [2.45, 2.75) is 49.3 Å². The maximum Gasteiger partial charge on any atom is 0.269 e. The van der Waals surface area contributed by atoms with Gasteiger partial charge in [0.25, 0.3) is 30.1 Å². The Labute approximate surface area is 387 Å². The zero-order chi connectivity index (χ0) is 46.1. The summed E-state index contributed by atoms with van der Waals surface area (Å²) in [7, 11) is -10.8. The van der Waals surface area contributed by atoms with Gasteiger partial charge in [0.2, 0.25) is 0 Å². The summed E-state index contributed by atoms with van der Waals surface area (Å²) in [6.07, 6.45) is 1.61. The van der Waals surface area contributed by atoms with E-state index in [4.69, 9.17) is 0 Å². The van der Waals surface area contributed by atoms with Crippen molar-refractivity contribution in [1.29, 1.82) is 0 Å². The van der Waals surface area contributed by atoms with Gasteiger partial charge in [-0.1, -0.05) is 123 Å². The highest BCUT2D eigenvalue weighted by Crippen LogP contribution is 2.35.